The van der Waals surface area contributed by atoms with E-state index in [9.17, 15) is 10.2 Å². The number of hydrogen-bond donors (Lipinski definition) is 2. The van der Waals surface area contributed by atoms with Gasteiger partial charge in [0.05, 0.1) is 24.4 Å². The van der Waals surface area contributed by atoms with Gasteiger partial charge in [0.1, 0.15) is 0 Å². The van der Waals surface area contributed by atoms with Gasteiger partial charge in [-0.05, 0) is 49.9 Å². The molecule has 0 amide bonds. The smallest absolute Gasteiger partial charge is 0.0840 e. The second kappa shape index (κ2) is 6.83. The lowest BCUT2D eigenvalue weighted by molar-refractivity contribution is 0.0780. The van der Waals surface area contributed by atoms with Crippen molar-refractivity contribution in [2.24, 2.45) is 0 Å². The minimum Gasteiger partial charge on any atom is -0.386 e. The second-order valence-electron chi connectivity index (χ2n) is 7.00. The van der Waals surface area contributed by atoms with E-state index in [4.69, 9.17) is 4.74 Å². The van der Waals surface area contributed by atoms with Gasteiger partial charge in [0, 0.05) is 0 Å². The van der Waals surface area contributed by atoms with Gasteiger partial charge in [-0.3, -0.25) is 0 Å². The van der Waals surface area contributed by atoms with Crippen molar-refractivity contribution in [3.63, 3.8) is 0 Å². The summed E-state index contributed by atoms with van der Waals surface area (Å²) in [5.41, 5.74) is 2.30. The predicted octanol–water partition coefficient (Wildman–Crippen LogP) is 3.86. The Morgan fingerprint density at radius 3 is 1.22 bits per heavy atom. The van der Waals surface area contributed by atoms with Gasteiger partial charge in [0.2, 0.25) is 0 Å². The van der Waals surface area contributed by atoms with Gasteiger partial charge in [-0.25, -0.2) is 0 Å². The molecular formula is C20H26O3. The fourth-order valence-corrected chi connectivity index (χ4v) is 2.30. The quantitative estimate of drug-likeness (QED) is 0.851. The van der Waals surface area contributed by atoms with E-state index in [0.717, 1.165) is 22.3 Å². The SMILES string of the molecule is CC(C)(O)c1ccc(COCc2ccc(C(C)(C)O)cc2)cc1. The summed E-state index contributed by atoms with van der Waals surface area (Å²) in [6, 6.07) is 15.6. The lowest BCUT2D eigenvalue weighted by atomic mass is 9.97. The first kappa shape index (κ1) is 17.7. The molecule has 3 heteroatoms. The number of ether oxygens (including phenoxy) is 1. The van der Waals surface area contributed by atoms with E-state index in [1.54, 1.807) is 27.7 Å². The molecule has 0 unspecified atom stereocenters. The van der Waals surface area contributed by atoms with Crippen molar-refractivity contribution >= 4 is 0 Å². The van der Waals surface area contributed by atoms with Crippen LogP contribution in [0.3, 0.4) is 0 Å². The molecule has 0 heterocycles. The molecule has 23 heavy (non-hydrogen) atoms. The second-order valence-corrected chi connectivity index (χ2v) is 7.00. The maximum Gasteiger partial charge on any atom is 0.0840 e. The van der Waals surface area contributed by atoms with E-state index in [1.807, 2.05) is 48.5 Å². The summed E-state index contributed by atoms with van der Waals surface area (Å²) in [6.45, 7) is 8.15. The Balaban J connectivity index is 1.87. The summed E-state index contributed by atoms with van der Waals surface area (Å²) in [5.74, 6) is 0. The molecule has 2 aromatic rings. The highest BCUT2D eigenvalue weighted by Crippen LogP contribution is 2.21. The highest BCUT2D eigenvalue weighted by Gasteiger charge is 2.16. The first-order chi connectivity index (χ1) is 10.7. The van der Waals surface area contributed by atoms with E-state index < -0.39 is 11.2 Å². The van der Waals surface area contributed by atoms with Crippen LogP contribution < -0.4 is 0 Å². The van der Waals surface area contributed by atoms with E-state index >= 15 is 0 Å². The van der Waals surface area contributed by atoms with E-state index in [-0.39, 0.29) is 0 Å². The van der Waals surface area contributed by atoms with Gasteiger partial charge in [0.15, 0.2) is 0 Å². The average molecular weight is 314 g/mol. The van der Waals surface area contributed by atoms with Crippen LogP contribution >= 0.6 is 0 Å². The molecule has 0 aromatic heterocycles. The fraction of sp³-hybridized carbons (Fsp3) is 0.400. The third-order valence-electron chi connectivity index (χ3n) is 3.86. The van der Waals surface area contributed by atoms with Crippen LogP contribution in [-0.4, -0.2) is 10.2 Å². The van der Waals surface area contributed by atoms with Crippen molar-refractivity contribution in [3.05, 3.63) is 70.8 Å². The zero-order valence-electron chi connectivity index (χ0n) is 14.3. The Bertz CT molecular complexity index is 556. The highest BCUT2D eigenvalue weighted by molar-refractivity contribution is 5.27. The zero-order valence-corrected chi connectivity index (χ0v) is 14.3. The Hall–Kier alpha value is -1.68. The Morgan fingerprint density at radius 2 is 0.957 bits per heavy atom. The molecule has 0 atom stereocenters. The van der Waals surface area contributed by atoms with Gasteiger partial charge in [-0.1, -0.05) is 48.5 Å². The van der Waals surface area contributed by atoms with Crippen LogP contribution in [0.1, 0.15) is 49.9 Å². The number of aliphatic hydroxyl groups is 2. The molecule has 0 saturated carbocycles. The van der Waals surface area contributed by atoms with Gasteiger partial charge < -0.3 is 14.9 Å². The Morgan fingerprint density at radius 1 is 0.652 bits per heavy atom. The minimum absolute atomic E-state index is 0.527. The van der Waals surface area contributed by atoms with Gasteiger partial charge in [-0.15, -0.1) is 0 Å². The fourth-order valence-electron chi connectivity index (χ4n) is 2.30. The first-order valence-electron chi connectivity index (χ1n) is 7.87. The average Bonchev–Trinajstić information content (AvgIpc) is 2.46. The molecule has 2 aromatic carbocycles. The molecule has 3 nitrogen and oxygen atoms in total. The molecule has 0 bridgehead atoms. The molecule has 2 rings (SSSR count). The Kier molecular flexibility index (Phi) is 5.25. The largest absolute Gasteiger partial charge is 0.386 e. The highest BCUT2D eigenvalue weighted by atomic mass is 16.5. The van der Waals surface area contributed by atoms with E-state index in [2.05, 4.69) is 0 Å². The summed E-state index contributed by atoms with van der Waals surface area (Å²) in [6.07, 6.45) is 0. The maximum absolute atomic E-state index is 9.94. The molecular weight excluding hydrogens is 288 g/mol. The van der Waals surface area contributed by atoms with Gasteiger partial charge in [0.25, 0.3) is 0 Å². The molecule has 0 aliphatic rings. The van der Waals surface area contributed by atoms with Crippen LogP contribution in [0.15, 0.2) is 48.5 Å². The summed E-state index contributed by atoms with van der Waals surface area (Å²) >= 11 is 0. The van der Waals surface area contributed by atoms with Crippen LogP contribution in [0.5, 0.6) is 0 Å². The summed E-state index contributed by atoms with van der Waals surface area (Å²) < 4.78 is 5.73. The lowest BCUT2D eigenvalue weighted by Crippen LogP contribution is -2.15. The summed E-state index contributed by atoms with van der Waals surface area (Å²) in [4.78, 5) is 0. The van der Waals surface area contributed by atoms with E-state index in [1.165, 1.54) is 0 Å². The van der Waals surface area contributed by atoms with Crippen LogP contribution in [0, 0.1) is 0 Å². The molecule has 0 fully saturated rings. The first-order valence-corrected chi connectivity index (χ1v) is 7.87. The molecule has 0 aliphatic carbocycles. The van der Waals surface area contributed by atoms with Crippen LogP contribution in [0.2, 0.25) is 0 Å². The standard InChI is InChI=1S/C20H26O3/c1-19(2,21)17-9-5-15(6-10-17)13-23-14-16-7-11-18(12-8-16)20(3,4)22/h5-12,21-22H,13-14H2,1-4H3. The lowest BCUT2D eigenvalue weighted by Gasteiger charge is -2.18. The topological polar surface area (TPSA) is 49.7 Å². The summed E-state index contributed by atoms with van der Waals surface area (Å²) in [7, 11) is 0. The number of rotatable bonds is 6. The molecule has 0 saturated heterocycles. The van der Waals surface area contributed by atoms with Gasteiger partial charge >= 0.3 is 0 Å². The molecule has 124 valence electrons. The van der Waals surface area contributed by atoms with Crippen molar-refractivity contribution in [2.75, 3.05) is 0 Å². The third-order valence-corrected chi connectivity index (χ3v) is 3.86. The molecule has 2 N–H and O–H groups in total. The zero-order chi connectivity index (χ0) is 17.1. The maximum atomic E-state index is 9.94. The van der Waals surface area contributed by atoms with Crippen molar-refractivity contribution in [3.8, 4) is 0 Å². The molecule has 0 aliphatic heterocycles. The van der Waals surface area contributed by atoms with Crippen molar-refractivity contribution in [2.45, 2.75) is 52.1 Å². The monoisotopic (exact) mass is 314 g/mol. The van der Waals surface area contributed by atoms with Crippen molar-refractivity contribution in [1.82, 2.24) is 0 Å². The molecule has 0 radical (unpaired) electrons. The Labute approximate surface area is 138 Å². The number of hydrogen-bond acceptors (Lipinski definition) is 3. The third kappa shape index (κ3) is 5.17. The predicted molar refractivity (Wildman–Crippen MR) is 91.9 cm³/mol. The van der Waals surface area contributed by atoms with Gasteiger partial charge in [-0.2, -0.15) is 0 Å². The van der Waals surface area contributed by atoms with Crippen LogP contribution in [0.25, 0.3) is 0 Å². The molecule has 0 spiro atoms. The minimum atomic E-state index is -0.818. The van der Waals surface area contributed by atoms with Crippen LogP contribution in [-0.2, 0) is 29.2 Å². The van der Waals surface area contributed by atoms with Crippen molar-refractivity contribution < 1.29 is 14.9 Å². The van der Waals surface area contributed by atoms with Crippen molar-refractivity contribution in [1.29, 1.82) is 0 Å². The van der Waals surface area contributed by atoms with E-state index in [0.29, 0.717) is 13.2 Å². The number of benzene rings is 2. The summed E-state index contributed by atoms with van der Waals surface area (Å²) in [5, 5.41) is 19.9. The van der Waals surface area contributed by atoms with Crippen LogP contribution in [0.4, 0.5) is 0 Å². The normalized spacial score (nSPS) is 12.4.